The molecule has 0 atom stereocenters. The maximum atomic E-state index is 11.9. The average Bonchev–Trinajstić information content (AvgIpc) is 2.49. The van der Waals surface area contributed by atoms with Crippen molar-refractivity contribution in [2.75, 3.05) is 10.6 Å². The Bertz CT molecular complexity index is 604. The summed E-state index contributed by atoms with van der Waals surface area (Å²) in [5.41, 5.74) is 0.575. The molecule has 110 valence electrons. The quantitative estimate of drug-likeness (QED) is 0.708. The van der Waals surface area contributed by atoms with Crippen molar-refractivity contribution in [1.82, 2.24) is 0 Å². The number of hydrogen-bond donors (Lipinski definition) is 1. The van der Waals surface area contributed by atoms with Crippen molar-refractivity contribution in [3.05, 3.63) is 53.6 Å². The summed E-state index contributed by atoms with van der Waals surface area (Å²) in [6.45, 7) is 0. The Morgan fingerprint density at radius 3 is 2.67 bits per heavy atom. The summed E-state index contributed by atoms with van der Waals surface area (Å²) in [4.78, 5) is 11.9. The van der Waals surface area contributed by atoms with Crippen LogP contribution in [0.3, 0.4) is 0 Å². The number of benzene rings is 2. The van der Waals surface area contributed by atoms with E-state index in [1.807, 2.05) is 30.3 Å². The highest BCUT2D eigenvalue weighted by atomic mass is 79.9. The van der Waals surface area contributed by atoms with Crippen LogP contribution in [-0.4, -0.2) is 11.2 Å². The normalized spacial score (nSPS) is 10.2. The molecule has 1 N–H and O–H groups in total. The molecule has 0 aliphatic rings. The van der Waals surface area contributed by atoms with Crippen LogP contribution in [-0.2, 0) is 4.79 Å². The van der Waals surface area contributed by atoms with Crippen LogP contribution in [0.2, 0.25) is 5.02 Å². The molecule has 0 heterocycles. The van der Waals surface area contributed by atoms with Crippen LogP contribution in [0, 0.1) is 0 Å². The predicted octanol–water partition coefficient (Wildman–Crippen LogP) is 5.25. The van der Waals surface area contributed by atoms with E-state index in [-0.39, 0.29) is 5.91 Å². The van der Waals surface area contributed by atoms with Gasteiger partial charge in [0, 0.05) is 16.8 Å². The zero-order valence-electron chi connectivity index (χ0n) is 11.3. The highest BCUT2D eigenvalue weighted by molar-refractivity contribution is 9.09. The number of halogens is 2. The second-order valence-electron chi connectivity index (χ2n) is 4.40. The van der Waals surface area contributed by atoms with Crippen LogP contribution in [0.1, 0.15) is 12.8 Å². The minimum absolute atomic E-state index is 0.0605. The van der Waals surface area contributed by atoms with Crippen LogP contribution in [0.25, 0.3) is 0 Å². The van der Waals surface area contributed by atoms with Crippen molar-refractivity contribution < 1.29 is 9.53 Å². The lowest BCUT2D eigenvalue weighted by atomic mass is 10.2. The molecule has 3 nitrogen and oxygen atoms in total. The Hall–Kier alpha value is -1.52. The van der Waals surface area contributed by atoms with Gasteiger partial charge in [-0.2, -0.15) is 0 Å². The number of hydrogen-bond acceptors (Lipinski definition) is 2. The molecule has 0 bridgehead atoms. The van der Waals surface area contributed by atoms with E-state index < -0.39 is 0 Å². The smallest absolute Gasteiger partial charge is 0.224 e. The fourth-order valence-electron chi connectivity index (χ4n) is 1.74. The third kappa shape index (κ3) is 5.06. The zero-order chi connectivity index (χ0) is 15.1. The van der Waals surface area contributed by atoms with Crippen molar-refractivity contribution in [3.8, 4) is 11.5 Å². The third-order valence-corrected chi connectivity index (χ3v) is 3.52. The van der Waals surface area contributed by atoms with Crippen LogP contribution in [0.4, 0.5) is 5.69 Å². The molecule has 1 amide bonds. The van der Waals surface area contributed by atoms with Crippen molar-refractivity contribution in [2.45, 2.75) is 12.8 Å². The summed E-state index contributed by atoms with van der Waals surface area (Å²) in [5.74, 6) is 1.21. The number of nitrogens with one attached hydrogen (secondary N) is 1. The summed E-state index contributed by atoms with van der Waals surface area (Å²) in [6, 6.07) is 14.6. The van der Waals surface area contributed by atoms with Crippen molar-refractivity contribution in [1.29, 1.82) is 0 Å². The van der Waals surface area contributed by atoms with Gasteiger partial charge in [0.15, 0.2) is 5.75 Å². The van der Waals surface area contributed by atoms with E-state index in [0.717, 1.165) is 11.8 Å². The summed E-state index contributed by atoms with van der Waals surface area (Å²) in [5, 5.41) is 4.18. The molecule has 0 saturated carbocycles. The number of carbonyl (C=O) groups excluding carboxylic acids is 1. The molecule has 0 unspecified atom stereocenters. The van der Waals surface area contributed by atoms with Gasteiger partial charge in [0.25, 0.3) is 0 Å². The standard InChI is InChI=1S/C16H15BrClNO2/c17-10-4-7-16(20)19-14-11-12(18)8-9-15(14)21-13-5-2-1-3-6-13/h1-3,5-6,8-9,11H,4,7,10H2,(H,19,20). The van der Waals surface area contributed by atoms with Gasteiger partial charge in [-0.25, -0.2) is 0 Å². The maximum Gasteiger partial charge on any atom is 0.224 e. The molecule has 2 rings (SSSR count). The lowest BCUT2D eigenvalue weighted by Crippen LogP contribution is -2.12. The molecule has 0 spiro atoms. The lowest BCUT2D eigenvalue weighted by molar-refractivity contribution is -0.116. The maximum absolute atomic E-state index is 11.9. The molecular formula is C16H15BrClNO2. The van der Waals surface area contributed by atoms with Crippen molar-refractivity contribution in [2.24, 2.45) is 0 Å². The highest BCUT2D eigenvalue weighted by Crippen LogP contribution is 2.32. The lowest BCUT2D eigenvalue weighted by Gasteiger charge is -2.12. The first-order chi connectivity index (χ1) is 10.2. The number of carbonyl (C=O) groups is 1. The Morgan fingerprint density at radius 1 is 1.19 bits per heavy atom. The molecule has 0 saturated heterocycles. The second-order valence-corrected chi connectivity index (χ2v) is 5.63. The first-order valence-corrected chi connectivity index (χ1v) is 8.07. The van der Waals surface area contributed by atoms with Gasteiger partial charge in [-0.3, -0.25) is 4.79 Å². The SMILES string of the molecule is O=C(CCCBr)Nc1cc(Cl)ccc1Oc1ccccc1. The monoisotopic (exact) mass is 367 g/mol. The van der Waals surface area contributed by atoms with Crippen LogP contribution < -0.4 is 10.1 Å². The Balaban J connectivity index is 2.15. The molecule has 2 aromatic carbocycles. The first-order valence-electron chi connectivity index (χ1n) is 6.57. The molecule has 5 heteroatoms. The predicted molar refractivity (Wildman–Crippen MR) is 89.6 cm³/mol. The zero-order valence-corrected chi connectivity index (χ0v) is 13.7. The van der Waals surface area contributed by atoms with E-state index in [1.165, 1.54) is 0 Å². The Kier molecular flexibility index (Phi) is 6.08. The van der Waals surface area contributed by atoms with E-state index in [1.54, 1.807) is 18.2 Å². The second kappa shape index (κ2) is 8.05. The minimum atomic E-state index is -0.0605. The van der Waals surface area contributed by atoms with E-state index in [4.69, 9.17) is 16.3 Å². The summed E-state index contributed by atoms with van der Waals surface area (Å²) in [7, 11) is 0. The molecule has 0 aliphatic carbocycles. The summed E-state index contributed by atoms with van der Waals surface area (Å²) >= 11 is 9.30. The fourth-order valence-corrected chi connectivity index (χ4v) is 2.20. The third-order valence-electron chi connectivity index (χ3n) is 2.72. The molecule has 0 fully saturated rings. The molecule has 0 aromatic heterocycles. The summed E-state index contributed by atoms with van der Waals surface area (Å²) < 4.78 is 5.79. The Labute approximate surface area is 137 Å². The van der Waals surface area contributed by atoms with Crippen LogP contribution >= 0.6 is 27.5 Å². The van der Waals surface area contributed by atoms with Crippen molar-refractivity contribution >= 4 is 39.1 Å². The summed E-state index contributed by atoms with van der Waals surface area (Å²) in [6.07, 6.45) is 1.23. The molecule has 21 heavy (non-hydrogen) atoms. The number of ether oxygens (including phenoxy) is 1. The van der Waals surface area contributed by atoms with Gasteiger partial charge in [-0.1, -0.05) is 45.7 Å². The number of anilines is 1. The van der Waals surface area contributed by atoms with E-state index in [0.29, 0.717) is 28.6 Å². The molecule has 0 radical (unpaired) electrons. The number of alkyl halides is 1. The van der Waals surface area contributed by atoms with Gasteiger partial charge >= 0.3 is 0 Å². The van der Waals surface area contributed by atoms with Gasteiger partial charge in [-0.05, 0) is 36.8 Å². The minimum Gasteiger partial charge on any atom is -0.455 e. The van der Waals surface area contributed by atoms with E-state index in [2.05, 4.69) is 21.2 Å². The average molecular weight is 369 g/mol. The van der Waals surface area contributed by atoms with Crippen molar-refractivity contribution in [3.63, 3.8) is 0 Å². The van der Waals surface area contributed by atoms with E-state index in [9.17, 15) is 4.79 Å². The first kappa shape index (κ1) is 15.9. The number of rotatable bonds is 6. The largest absolute Gasteiger partial charge is 0.455 e. The number of amides is 1. The van der Waals surface area contributed by atoms with Gasteiger partial charge in [0.1, 0.15) is 5.75 Å². The molecular weight excluding hydrogens is 354 g/mol. The van der Waals surface area contributed by atoms with Gasteiger partial charge in [0.2, 0.25) is 5.91 Å². The number of para-hydroxylation sites is 1. The van der Waals surface area contributed by atoms with Gasteiger partial charge in [0.05, 0.1) is 5.69 Å². The van der Waals surface area contributed by atoms with Gasteiger partial charge < -0.3 is 10.1 Å². The Morgan fingerprint density at radius 2 is 1.95 bits per heavy atom. The van der Waals surface area contributed by atoms with E-state index >= 15 is 0 Å². The van der Waals surface area contributed by atoms with Crippen LogP contribution in [0.5, 0.6) is 11.5 Å². The fraction of sp³-hybridized carbons (Fsp3) is 0.188. The molecule has 0 aliphatic heterocycles. The van der Waals surface area contributed by atoms with Gasteiger partial charge in [-0.15, -0.1) is 0 Å². The van der Waals surface area contributed by atoms with Crippen LogP contribution in [0.15, 0.2) is 48.5 Å². The highest BCUT2D eigenvalue weighted by Gasteiger charge is 2.09. The topological polar surface area (TPSA) is 38.3 Å². The molecule has 2 aromatic rings.